The molecule has 5 unspecified atom stereocenters. The number of amides is 1. The van der Waals surface area contributed by atoms with Gasteiger partial charge in [0, 0.05) is 12.5 Å². The van der Waals surface area contributed by atoms with Crippen LogP contribution in [-0.2, 0) is 27.5 Å². The smallest absolute Gasteiger partial charge is 0.286 e. The zero-order valence-corrected chi connectivity index (χ0v) is 17.5. The fourth-order valence-electron chi connectivity index (χ4n) is 5.00. The SMILES string of the molecule is CC(C)C1C=C(C(=O)NC2CC3CCC2C3)OC(OCc2ccc(CO)cc2)C1. The lowest BCUT2D eigenvalue weighted by Gasteiger charge is -2.32. The summed E-state index contributed by atoms with van der Waals surface area (Å²) in [7, 11) is 0. The molecule has 3 aliphatic rings. The molecule has 4 rings (SSSR count). The van der Waals surface area contributed by atoms with Crippen LogP contribution in [0.2, 0.25) is 0 Å². The summed E-state index contributed by atoms with van der Waals surface area (Å²) in [5.41, 5.74) is 1.90. The summed E-state index contributed by atoms with van der Waals surface area (Å²) < 4.78 is 12.0. The van der Waals surface area contributed by atoms with Crippen molar-refractivity contribution in [3.63, 3.8) is 0 Å². The molecule has 1 amide bonds. The lowest BCUT2D eigenvalue weighted by Crippen LogP contribution is -2.41. The molecule has 0 saturated heterocycles. The van der Waals surface area contributed by atoms with Gasteiger partial charge in [0.15, 0.2) is 5.76 Å². The zero-order valence-electron chi connectivity index (χ0n) is 17.5. The van der Waals surface area contributed by atoms with Gasteiger partial charge in [-0.15, -0.1) is 0 Å². The Labute approximate surface area is 173 Å². The normalized spacial score (nSPS) is 30.9. The van der Waals surface area contributed by atoms with Gasteiger partial charge in [-0.2, -0.15) is 0 Å². The molecule has 0 spiro atoms. The van der Waals surface area contributed by atoms with Crippen LogP contribution in [0.1, 0.15) is 57.1 Å². The Morgan fingerprint density at radius 1 is 1.17 bits per heavy atom. The van der Waals surface area contributed by atoms with Crippen LogP contribution in [0.4, 0.5) is 0 Å². The van der Waals surface area contributed by atoms with Crippen LogP contribution in [0.25, 0.3) is 0 Å². The van der Waals surface area contributed by atoms with Crippen molar-refractivity contribution in [3.8, 4) is 0 Å². The van der Waals surface area contributed by atoms with E-state index in [2.05, 4.69) is 19.2 Å². The van der Waals surface area contributed by atoms with Gasteiger partial charge in [0.2, 0.25) is 6.29 Å². The van der Waals surface area contributed by atoms with E-state index < -0.39 is 6.29 Å². The topological polar surface area (TPSA) is 67.8 Å². The highest BCUT2D eigenvalue weighted by Gasteiger charge is 2.41. The molecule has 1 aliphatic heterocycles. The Morgan fingerprint density at radius 2 is 1.93 bits per heavy atom. The molecule has 2 fully saturated rings. The number of aliphatic hydroxyl groups is 1. The number of fused-ring (bicyclic) bond motifs is 2. The van der Waals surface area contributed by atoms with Crippen LogP contribution >= 0.6 is 0 Å². The van der Waals surface area contributed by atoms with Gasteiger partial charge in [-0.05, 0) is 60.1 Å². The van der Waals surface area contributed by atoms with Crippen LogP contribution in [0.5, 0.6) is 0 Å². The molecule has 1 aromatic carbocycles. The van der Waals surface area contributed by atoms with E-state index in [0.717, 1.165) is 29.9 Å². The van der Waals surface area contributed by atoms with E-state index in [-0.39, 0.29) is 18.4 Å². The van der Waals surface area contributed by atoms with Gasteiger partial charge in [0.25, 0.3) is 5.91 Å². The summed E-state index contributed by atoms with van der Waals surface area (Å²) in [5.74, 6) is 2.43. The van der Waals surface area contributed by atoms with Crippen molar-refractivity contribution < 1.29 is 19.4 Å². The van der Waals surface area contributed by atoms with Crippen molar-refractivity contribution in [2.24, 2.45) is 23.7 Å². The van der Waals surface area contributed by atoms with Gasteiger partial charge in [-0.3, -0.25) is 4.79 Å². The van der Waals surface area contributed by atoms with Gasteiger partial charge in [0.05, 0.1) is 13.2 Å². The van der Waals surface area contributed by atoms with E-state index in [4.69, 9.17) is 14.6 Å². The Balaban J connectivity index is 1.36. The number of carbonyl (C=O) groups is 1. The van der Waals surface area contributed by atoms with E-state index in [1.54, 1.807) is 0 Å². The lowest BCUT2D eigenvalue weighted by molar-refractivity contribution is -0.155. The van der Waals surface area contributed by atoms with Crippen molar-refractivity contribution in [2.75, 3.05) is 0 Å². The van der Waals surface area contributed by atoms with E-state index in [1.807, 2.05) is 30.3 Å². The number of ether oxygens (including phenoxy) is 2. The first kappa shape index (κ1) is 20.4. The van der Waals surface area contributed by atoms with Crippen molar-refractivity contribution in [1.29, 1.82) is 0 Å². The molecule has 0 aromatic heterocycles. The minimum atomic E-state index is -0.425. The third-order valence-corrected chi connectivity index (χ3v) is 6.86. The first-order chi connectivity index (χ1) is 14.0. The van der Waals surface area contributed by atoms with E-state index in [1.165, 1.54) is 19.3 Å². The monoisotopic (exact) mass is 399 g/mol. The molecule has 2 saturated carbocycles. The quantitative estimate of drug-likeness (QED) is 0.730. The second-order valence-corrected chi connectivity index (χ2v) is 9.26. The molecule has 5 heteroatoms. The van der Waals surface area contributed by atoms with Gasteiger partial charge in [-0.25, -0.2) is 0 Å². The highest BCUT2D eigenvalue weighted by atomic mass is 16.7. The first-order valence-corrected chi connectivity index (χ1v) is 11.0. The maximum absolute atomic E-state index is 12.9. The third-order valence-electron chi connectivity index (χ3n) is 6.86. The lowest BCUT2D eigenvalue weighted by atomic mass is 9.90. The predicted octanol–water partition coefficient (Wildman–Crippen LogP) is 3.90. The van der Waals surface area contributed by atoms with Gasteiger partial charge in [0.1, 0.15) is 0 Å². The molecule has 1 aromatic rings. The number of carbonyl (C=O) groups excluding carboxylic acids is 1. The molecule has 5 atom stereocenters. The number of rotatable bonds is 7. The summed E-state index contributed by atoms with van der Waals surface area (Å²) in [6, 6.07) is 7.99. The minimum Gasteiger partial charge on any atom is -0.459 e. The highest BCUT2D eigenvalue weighted by molar-refractivity contribution is 5.91. The molecule has 29 heavy (non-hydrogen) atoms. The van der Waals surface area contributed by atoms with Crippen molar-refractivity contribution >= 4 is 5.91 Å². The fraction of sp³-hybridized carbons (Fsp3) is 0.625. The number of aliphatic hydroxyl groups excluding tert-OH is 1. The predicted molar refractivity (Wildman–Crippen MR) is 110 cm³/mol. The number of hydrogen-bond donors (Lipinski definition) is 2. The maximum atomic E-state index is 12.9. The Kier molecular flexibility index (Phi) is 6.26. The molecular weight excluding hydrogens is 366 g/mol. The standard InChI is InChI=1S/C24H33NO4/c1-15(2)20-11-22(24(27)25-21-10-18-7-8-19(21)9-18)29-23(12-20)28-14-17-5-3-16(13-26)4-6-17/h3-6,11,15,18-21,23,26H,7-10,12-14H2,1-2H3,(H,25,27). The second kappa shape index (κ2) is 8.88. The van der Waals surface area contributed by atoms with Crippen LogP contribution in [0.15, 0.2) is 36.1 Å². The zero-order chi connectivity index (χ0) is 20.4. The van der Waals surface area contributed by atoms with E-state index in [0.29, 0.717) is 30.2 Å². The molecule has 2 N–H and O–H groups in total. The fourth-order valence-corrected chi connectivity index (χ4v) is 5.00. The average molecular weight is 400 g/mol. The number of allylic oxidation sites excluding steroid dienone is 1. The van der Waals surface area contributed by atoms with Gasteiger partial charge < -0.3 is 19.9 Å². The summed E-state index contributed by atoms with van der Waals surface area (Å²) in [4.78, 5) is 12.9. The van der Waals surface area contributed by atoms with Crippen molar-refractivity contribution in [1.82, 2.24) is 5.32 Å². The first-order valence-electron chi connectivity index (χ1n) is 11.0. The Morgan fingerprint density at radius 3 is 2.55 bits per heavy atom. The van der Waals surface area contributed by atoms with Crippen molar-refractivity contribution in [3.05, 3.63) is 47.2 Å². The van der Waals surface area contributed by atoms with Gasteiger partial charge >= 0.3 is 0 Å². The van der Waals surface area contributed by atoms with E-state index >= 15 is 0 Å². The summed E-state index contributed by atoms with van der Waals surface area (Å²) in [5, 5.41) is 12.4. The Hall–Kier alpha value is -1.85. The average Bonchev–Trinajstić information content (AvgIpc) is 3.35. The molecule has 2 aliphatic carbocycles. The summed E-state index contributed by atoms with van der Waals surface area (Å²) in [6.07, 6.45) is 7.25. The van der Waals surface area contributed by atoms with Crippen LogP contribution in [0, 0.1) is 23.7 Å². The second-order valence-electron chi connectivity index (χ2n) is 9.26. The maximum Gasteiger partial charge on any atom is 0.286 e. The Bertz CT molecular complexity index is 742. The molecule has 158 valence electrons. The number of nitrogens with one attached hydrogen (secondary N) is 1. The van der Waals surface area contributed by atoms with Gasteiger partial charge in [-0.1, -0.05) is 44.5 Å². The highest BCUT2D eigenvalue weighted by Crippen LogP contribution is 2.44. The molecule has 0 radical (unpaired) electrons. The third kappa shape index (κ3) is 4.84. The van der Waals surface area contributed by atoms with Crippen LogP contribution in [-0.4, -0.2) is 23.3 Å². The molecule has 2 bridgehead atoms. The molecular formula is C24H33NO4. The number of hydrogen-bond acceptors (Lipinski definition) is 4. The number of benzene rings is 1. The molecule has 5 nitrogen and oxygen atoms in total. The largest absolute Gasteiger partial charge is 0.459 e. The summed E-state index contributed by atoms with van der Waals surface area (Å²) in [6.45, 7) is 4.79. The van der Waals surface area contributed by atoms with Crippen LogP contribution in [0.3, 0.4) is 0 Å². The van der Waals surface area contributed by atoms with Crippen molar-refractivity contribution in [2.45, 2.75) is 71.5 Å². The molecule has 1 heterocycles. The minimum absolute atomic E-state index is 0.0365. The summed E-state index contributed by atoms with van der Waals surface area (Å²) >= 11 is 0. The van der Waals surface area contributed by atoms with Crippen LogP contribution < -0.4 is 5.32 Å². The van der Waals surface area contributed by atoms with E-state index in [9.17, 15) is 4.79 Å².